The van der Waals surface area contributed by atoms with Crippen molar-refractivity contribution in [2.24, 2.45) is 4.99 Å². The Morgan fingerprint density at radius 3 is 2.68 bits per heavy atom. The highest BCUT2D eigenvalue weighted by molar-refractivity contribution is 7.11. The zero-order chi connectivity index (χ0) is 22.0. The number of aliphatic hydroxyl groups excluding tert-OH is 1. The molecular formula is C22H25FN4O3S. The molecule has 0 saturated carbocycles. The molecule has 2 aliphatic heterocycles. The number of ether oxygens (including phenoxy) is 1. The first-order valence-corrected chi connectivity index (χ1v) is 11.0. The van der Waals surface area contributed by atoms with E-state index in [4.69, 9.17) is 9.73 Å². The normalized spacial score (nSPS) is 22.8. The maximum absolute atomic E-state index is 13.6. The van der Waals surface area contributed by atoms with E-state index in [1.165, 1.54) is 30.6 Å². The number of carbonyl (C=O) groups is 1. The largest absolute Gasteiger partial charge is 0.466 e. The van der Waals surface area contributed by atoms with Gasteiger partial charge in [0.2, 0.25) is 0 Å². The number of methoxy groups -OCH3 is 1. The number of nitrogens with zero attached hydrogens (tertiary/aromatic N) is 3. The number of rotatable bonds is 5. The van der Waals surface area contributed by atoms with Gasteiger partial charge in [0, 0.05) is 36.9 Å². The minimum absolute atomic E-state index is 0.290. The van der Waals surface area contributed by atoms with E-state index in [-0.39, 0.29) is 11.9 Å². The second kappa shape index (κ2) is 8.86. The molecule has 4 rings (SSSR count). The van der Waals surface area contributed by atoms with Gasteiger partial charge in [-0.1, -0.05) is 12.1 Å². The van der Waals surface area contributed by atoms with Crippen molar-refractivity contribution in [2.45, 2.75) is 31.4 Å². The molecule has 31 heavy (non-hydrogen) atoms. The van der Waals surface area contributed by atoms with Crippen LogP contribution in [0.5, 0.6) is 0 Å². The lowest BCUT2D eigenvalue weighted by Crippen LogP contribution is -2.46. The first kappa shape index (κ1) is 21.6. The van der Waals surface area contributed by atoms with E-state index < -0.39 is 11.5 Å². The summed E-state index contributed by atoms with van der Waals surface area (Å²) < 4.78 is 18.8. The number of likely N-dealkylation sites (tertiary alicyclic amines) is 1. The highest BCUT2D eigenvalue weighted by atomic mass is 32.1. The van der Waals surface area contributed by atoms with Gasteiger partial charge in [-0.2, -0.15) is 0 Å². The van der Waals surface area contributed by atoms with Gasteiger partial charge in [-0.3, -0.25) is 4.90 Å². The fraction of sp³-hybridized carbons (Fsp3) is 0.409. The van der Waals surface area contributed by atoms with Crippen molar-refractivity contribution >= 4 is 23.1 Å². The summed E-state index contributed by atoms with van der Waals surface area (Å²) in [5.74, 6) is -0.295. The van der Waals surface area contributed by atoms with Crippen LogP contribution in [0.15, 0.2) is 52.1 Å². The molecule has 0 bridgehead atoms. The Morgan fingerprint density at radius 1 is 1.35 bits per heavy atom. The molecule has 2 aliphatic rings. The van der Waals surface area contributed by atoms with Gasteiger partial charge in [0.25, 0.3) is 0 Å². The number of thiazole rings is 1. The molecule has 0 spiro atoms. The quantitative estimate of drug-likeness (QED) is 0.689. The molecule has 9 heteroatoms. The first-order chi connectivity index (χ1) is 14.9. The number of halogens is 1. The molecule has 1 aromatic carbocycles. The summed E-state index contributed by atoms with van der Waals surface area (Å²) in [6, 6.07) is 6.01. The van der Waals surface area contributed by atoms with E-state index >= 15 is 0 Å². The van der Waals surface area contributed by atoms with Crippen molar-refractivity contribution in [2.75, 3.05) is 26.7 Å². The van der Waals surface area contributed by atoms with E-state index in [1.54, 1.807) is 18.3 Å². The van der Waals surface area contributed by atoms with Crippen molar-refractivity contribution in [3.63, 3.8) is 0 Å². The number of aliphatic imine (C=N–C) groups is 1. The lowest BCUT2D eigenvalue weighted by Gasteiger charge is -2.37. The number of esters is 1. The molecule has 1 fully saturated rings. The molecule has 7 nitrogen and oxygen atoms in total. The Labute approximate surface area is 184 Å². The Balaban J connectivity index is 1.82. The van der Waals surface area contributed by atoms with Gasteiger partial charge in [0.05, 0.1) is 18.8 Å². The Morgan fingerprint density at radius 2 is 2.06 bits per heavy atom. The second-order valence-corrected chi connectivity index (χ2v) is 8.75. The number of aliphatic hydroxyl groups is 1. The van der Waals surface area contributed by atoms with Gasteiger partial charge >= 0.3 is 5.97 Å². The summed E-state index contributed by atoms with van der Waals surface area (Å²) in [6.45, 7) is 3.74. The smallest absolute Gasteiger partial charge is 0.338 e. The molecule has 1 saturated heterocycles. The highest BCUT2D eigenvalue weighted by Crippen LogP contribution is 2.39. The standard InChI is InChI=1S/C22H25FN4O3S/c1-22(14-3-5-15(23)6-4-14)18(21(29)30-2)17(13-27-10-7-16(28)8-11-27)25-19(26-22)20-24-9-12-31-20/h3-6,9,12,16,28H,7-8,10-11,13H2,1-2H3,(H,25,26). The van der Waals surface area contributed by atoms with Gasteiger partial charge in [-0.25, -0.2) is 19.2 Å². The fourth-order valence-corrected chi connectivity index (χ4v) is 4.66. The minimum atomic E-state index is -1.09. The Bertz CT molecular complexity index is 998. The number of nitrogens with one attached hydrogen (secondary N) is 1. The topological polar surface area (TPSA) is 87.0 Å². The third-order valence-electron chi connectivity index (χ3n) is 5.76. The highest BCUT2D eigenvalue weighted by Gasteiger charge is 2.42. The molecule has 2 aromatic rings. The van der Waals surface area contributed by atoms with E-state index in [0.717, 1.165) is 13.1 Å². The molecule has 0 amide bonds. The van der Waals surface area contributed by atoms with Crippen LogP contribution in [0.4, 0.5) is 4.39 Å². The number of aromatic nitrogens is 1. The van der Waals surface area contributed by atoms with Crippen molar-refractivity contribution < 1.29 is 19.0 Å². The minimum Gasteiger partial charge on any atom is -0.466 e. The van der Waals surface area contributed by atoms with E-state index in [1.807, 2.05) is 12.3 Å². The van der Waals surface area contributed by atoms with Gasteiger partial charge in [-0.05, 0) is 37.5 Å². The molecule has 0 radical (unpaired) electrons. The zero-order valence-corrected chi connectivity index (χ0v) is 18.3. The predicted molar refractivity (Wildman–Crippen MR) is 116 cm³/mol. The van der Waals surface area contributed by atoms with Crippen molar-refractivity contribution in [3.8, 4) is 0 Å². The second-order valence-electron chi connectivity index (χ2n) is 7.85. The molecule has 1 aromatic heterocycles. The van der Waals surface area contributed by atoms with Crippen LogP contribution >= 0.6 is 11.3 Å². The van der Waals surface area contributed by atoms with Crippen LogP contribution in [0.1, 0.15) is 30.3 Å². The monoisotopic (exact) mass is 444 g/mol. The number of benzene rings is 1. The fourth-order valence-electron chi connectivity index (χ4n) is 4.08. The lowest BCUT2D eigenvalue weighted by atomic mass is 9.82. The van der Waals surface area contributed by atoms with Crippen molar-refractivity contribution in [1.29, 1.82) is 0 Å². The Kier molecular flexibility index (Phi) is 6.17. The molecule has 0 aliphatic carbocycles. The van der Waals surface area contributed by atoms with Crippen LogP contribution in [-0.2, 0) is 15.1 Å². The molecule has 2 N–H and O–H groups in total. The number of hydrogen-bond donors (Lipinski definition) is 2. The summed E-state index contributed by atoms with van der Waals surface area (Å²) in [7, 11) is 1.34. The molecule has 164 valence electrons. The van der Waals surface area contributed by atoms with E-state index in [9.17, 15) is 14.3 Å². The number of hydrogen-bond acceptors (Lipinski definition) is 8. The number of piperidine rings is 1. The summed E-state index contributed by atoms with van der Waals surface area (Å²) in [5, 5.41) is 15.7. The van der Waals surface area contributed by atoms with Gasteiger partial charge in [0.1, 0.15) is 11.4 Å². The third-order valence-corrected chi connectivity index (χ3v) is 6.54. The first-order valence-electron chi connectivity index (χ1n) is 10.2. The van der Waals surface area contributed by atoms with Crippen LogP contribution in [0.25, 0.3) is 0 Å². The molecular weight excluding hydrogens is 419 g/mol. The maximum Gasteiger partial charge on any atom is 0.338 e. The average Bonchev–Trinajstić information content (AvgIpc) is 3.30. The summed E-state index contributed by atoms with van der Waals surface area (Å²) in [5.41, 5.74) is 0.650. The summed E-state index contributed by atoms with van der Waals surface area (Å²) in [4.78, 5) is 24.4. The van der Waals surface area contributed by atoms with Gasteiger partial charge < -0.3 is 15.2 Å². The Hall–Kier alpha value is -2.62. The third kappa shape index (κ3) is 4.39. The number of carbonyl (C=O) groups excluding carboxylic acids is 1. The molecule has 1 unspecified atom stereocenters. The van der Waals surface area contributed by atoms with Crippen LogP contribution in [-0.4, -0.2) is 59.6 Å². The van der Waals surface area contributed by atoms with Gasteiger partial charge in [0.15, 0.2) is 10.8 Å². The predicted octanol–water partition coefficient (Wildman–Crippen LogP) is 2.43. The zero-order valence-electron chi connectivity index (χ0n) is 17.5. The maximum atomic E-state index is 13.6. The number of amidine groups is 1. The summed E-state index contributed by atoms with van der Waals surface area (Å²) in [6.07, 6.45) is 2.78. The van der Waals surface area contributed by atoms with Crippen LogP contribution in [0.2, 0.25) is 0 Å². The van der Waals surface area contributed by atoms with Crippen molar-refractivity contribution in [1.82, 2.24) is 15.2 Å². The van der Waals surface area contributed by atoms with Crippen molar-refractivity contribution in [3.05, 3.63) is 63.5 Å². The van der Waals surface area contributed by atoms with Gasteiger partial charge in [-0.15, -0.1) is 11.3 Å². The van der Waals surface area contributed by atoms with E-state index in [2.05, 4.69) is 15.2 Å². The van der Waals surface area contributed by atoms with Crippen LogP contribution in [0.3, 0.4) is 0 Å². The molecule has 1 atom stereocenters. The van der Waals surface area contributed by atoms with Crippen LogP contribution in [0, 0.1) is 5.82 Å². The van der Waals surface area contributed by atoms with E-state index in [0.29, 0.717) is 47.1 Å². The lowest BCUT2D eigenvalue weighted by molar-refractivity contribution is -0.137. The molecule has 3 heterocycles. The SMILES string of the molecule is COC(=O)C1=C(CN2CCC(O)CC2)NC(c2nccs2)=NC1(C)c1ccc(F)cc1. The van der Waals surface area contributed by atoms with Crippen LogP contribution < -0.4 is 5.32 Å². The average molecular weight is 445 g/mol. The summed E-state index contributed by atoms with van der Waals surface area (Å²) >= 11 is 1.44.